The summed E-state index contributed by atoms with van der Waals surface area (Å²) >= 11 is 0. The summed E-state index contributed by atoms with van der Waals surface area (Å²) in [6, 6.07) is 0. The zero-order valence-electron chi connectivity index (χ0n) is 8.33. The predicted octanol–water partition coefficient (Wildman–Crippen LogP) is 0.658. The van der Waals surface area contributed by atoms with Gasteiger partial charge in [0.1, 0.15) is 0 Å². The molecule has 0 bridgehead atoms. The summed E-state index contributed by atoms with van der Waals surface area (Å²) in [5, 5.41) is 8.44. The first-order valence-corrected chi connectivity index (χ1v) is 4.50. The van der Waals surface area contributed by atoms with Crippen molar-refractivity contribution >= 4 is 5.97 Å². The van der Waals surface area contributed by atoms with E-state index >= 15 is 0 Å². The maximum absolute atomic E-state index is 11.3. The zero-order valence-corrected chi connectivity index (χ0v) is 8.33. The molecule has 1 aromatic rings. The lowest BCUT2D eigenvalue weighted by Gasteiger charge is -2.02. The molecule has 0 fully saturated rings. The van der Waals surface area contributed by atoms with E-state index in [0.717, 1.165) is 11.4 Å². The van der Waals surface area contributed by atoms with Crippen LogP contribution in [0.25, 0.3) is 0 Å². The summed E-state index contributed by atoms with van der Waals surface area (Å²) < 4.78 is 1.57. The van der Waals surface area contributed by atoms with Gasteiger partial charge in [-0.05, 0) is 20.3 Å². The normalized spacial score (nSPS) is 10.4. The van der Waals surface area contributed by atoms with E-state index in [1.807, 2.05) is 13.8 Å². The predicted molar refractivity (Wildman–Crippen MR) is 51.4 cm³/mol. The largest absolute Gasteiger partial charge is 0.481 e. The Morgan fingerprint density at radius 1 is 1.50 bits per heavy atom. The molecule has 1 aromatic heterocycles. The van der Waals surface area contributed by atoms with E-state index in [0.29, 0.717) is 13.0 Å². The van der Waals surface area contributed by atoms with Crippen molar-refractivity contribution in [2.75, 3.05) is 0 Å². The van der Waals surface area contributed by atoms with Gasteiger partial charge >= 0.3 is 11.7 Å². The third-order valence-electron chi connectivity index (χ3n) is 2.26. The van der Waals surface area contributed by atoms with Crippen LogP contribution in [0.5, 0.6) is 0 Å². The summed E-state index contributed by atoms with van der Waals surface area (Å²) in [6.07, 6.45) is 0.573. The second kappa shape index (κ2) is 4.13. The standard InChI is InChI=1S/C9H14N2O3/c1-6-7(2)11(9(14)10-6)5-3-4-8(12)13/h3-5H2,1-2H3,(H,10,14)(H,12,13). The fraction of sp³-hybridized carbons (Fsp3) is 0.556. The fourth-order valence-corrected chi connectivity index (χ4v) is 1.33. The smallest absolute Gasteiger partial charge is 0.325 e. The molecule has 5 heteroatoms. The van der Waals surface area contributed by atoms with Crippen LogP contribution in [0.2, 0.25) is 0 Å². The Hall–Kier alpha value is -1.52. The molecule has 5 nitrogen and oxygen atoms in total. The molecule has 0 spiro atoms. The van der Waals surface area contributed by atoms with Crippen molar-refractivity contribution in [1.82, 2.24) is 9.55 Å². The van der Waals surface area contributed by atoms with Crippen molar-refractivity contribution in [3.8, 4) is 0 Å². The van der Waals surface area contributed by atoms with E-state index in [1.165, 1.54) is 0 Å². The first-order chi connectivity index (χ1) is 6.52. The quantitative estimate of drug-likeness (QED) is 0.746. The van der Waals surface area contributed by atoms with Crippen molar-refractivity contribution in [1.29, 1.82) is 0 Å². The van der Waals surface area contributed by atoms with E-state index in [4.69, 9.17) is 5.11 Å². The number of nitrogens with one attached hydrogen (secondary N) is 1. The number of nitrogens with zero attached hydrogens (tertiary/aromatic N) is 1. The van der Waals surface area contributed by atoms with Crippen LogP contribution in [-0.2, 0) is 11.3 Å². The average Bonchev–Trinajstić information content (AvgIpc) is 2.31. The van der Waals surface area contributed by atoms with Crippen molar-refractivity contribution in [3.05, 3.63) is 21.9 Å². The van der Waals surface area contributed by atoms with Gasteiger partial charge in [-0.1, -0.05) is 0 Å². The van der Waals surface area contributed by atoms with Crippen molar-refractivity contribution in [2.45, 2.75) is 33.2 Å². The highest BCUT2D eigenvalue weighted by Crippen LogP contribution is 2.02. The Morgan fingerprint density at radius 2 is 2.14 bits per heavy atom. The van der Waals surface area contributed by atoms with Gasteiger partial charge in [-0.25, -0.2) is 4.79 Å². The van der Waals surface area contributed by atoms with Crippen molar-refractivity contribution in [3.63, 3.8) is 0 Å². The number of aliphatic carboxylic acids is 1. The van der Waals surface area contributed by atoms with Gasteiger partial charge in [0.25, 0.3) is 0 Å². The number of carboxylic acid groups (broad SMARTS) is 1. The van der Waals surface area contributed by atoms with Crippen LogP contribution in [-0.4, -0.2) is 20.6 Å². The number of aryl methyl sites for hydroxylation is 1. The number of hydrogen-bond donors (Lipinski definition) is 2. The first kappa shape index (κ1) is 10.6. The molecule has 0 aliphatic heterocycles. The van der Waals surface area contributed by atoms with Gasteiger partial charge in [0.15, 0.2) is 0 Å². The lowest BCUT2D eigenvalue weighted by atomic mass is 10.3. The maximum atomic E-state index is 11.3. The number of imidazole rings is 1. The Morgan fingerprint density at radius 3 is 2.57 bits per heavy atom. The number of carboxylic acids is 1. The SMILES string of the molecule is Cc1[nH]c(=O)n(CCCC(=O)O)c1C. The summed E-state index contributed by atoms with van der Waals surface area (Å²) in [7, 11) is 0. The molecule has 0 aromatic carbocycles. The number of rotatable bonds is 4. The number of hydrogen-bond acceptors (Lipinski definition) is 2. The van der Waals surface area contributed by atoms with E-state index in [-0.39, 0.29) is 12.1 Å². The van der Waals surface area contributed by atoms with Crippen LogP contribution in [0, 0.1) is 13.8 Å². The molecule has 0 amide bonds. The lowest BCUT2D eigenvalue weighted by Crippen LogP contribution is -2.18. The zero-order chi connectivity index (χ0) is 10.7. The molecule has 14 heavy (non-hydrogen) atoms. The maximum Gasteiger partial charge on any atom is 0.325 e. The molecular formula is C9H14N2O3. The minimum Gasteiger partial charge on any atom is -0.481 e. The van der Waals surface area contributed by atoms with E-state index in [2.05, 4.69) is 4.98 Å². The Bertz CT molecular complexity index is 389. The molecule has 0 atom stereocenters. The summed E-state index contributed by atoms with van der Waals surface area (Å²) in [5.41, 5.74) is 1.55. The van der Waals surface area contributed by atoms with Gasteiger partial charge in [-0.3, -0.25) is 9.36 Å². The monoisotopic (exact) mass is 198 g/mol. The molecule has 0 radical (unpaired) electrons. The summed E-state index contributed by atoms with van der Waals surface area (Å²) in [5.74, 6) is -0.831. The van der Waals surface area contributed by atoms with Crippen LogP contribution < -0.4 is 5.69 Å². The highest BCUT2D eigenvalue weighted by atomic mass is 16.4. The van der Waals surface area contributed by atoms with Crippen LogP contribution in [0.3, 0.4) is 0 Å². The minimum absolute atomic E-state index is 0.0934. The molecule has 0 aliphatic rings. The number of H-pyrrole nitrogens is 1. The molecule has 2 N–H and O–H groups in total. The molecule has 0 aliphatic carbocycles. The van der Waals surface area contributed by atoms with E-state index in [9.17, 15) is 9.59 Å². The van der Waals surface area contributed by atoms with Gasteiger partial charge in [0, 0.05) is 24.4 Å². The topological polar surface area (TPSA) is 75.1 Å². The fourth-order valence-electron chi connectivity index (χ4n) is 1.33. The Kier molecular flexibility index (Phi) is 3.11. The van der Waals surface area contributed by atoms with Gasteiger partial charge in [-0.15, -0.1) is 0 Å². The first-order valence-electron chi connectivity index (χ1n) is 4.50. The van der Waals surface area contributed by atoms with Gasteiger partial charge in [0.2, 0.25) is 0 Å². The highest BCUT2D eigenvalue weighted by molar-refractivity contribution is 5.66. The third-order valence-corrected chi connectivity index (χ3v) is 2.26. The van der Waals surface area contributed by atoms with E-state index in [1.54, 1.807) is 4.57 Å². The minimum atomic E-state index is -0.831. The van der Waals surface area contributed by atoms with Crippen LogP contribution in [0.4, 0.5) is 0 Å². The van der Waals surface area contributed by atoms with Gasteiger partial charge in [-0.2, -0.15) is 0 Å². The molecule has 0 saturated heterocycles. The molecule has 0 saturated carbocycles. The average molecular weight is 198 g/mol. The lowest BCUT2D eigenvalue weighted by molar-refractivity contribution is -0.137. The van der Waals surface area contributed by atoms with Crippen molar-refractivity contribution in [2.24, 2.45) is 0 Å². The number of carbonyl (C=O) groups is 1. The highest BCUT2D eigenvalue weighted by Gasteiger charge is 2.06. The third kappa shape index (κ3) is 2.25. The Balaban J connectivity index is 2.67. The van der Waals surface area contributed by atoms with Crippen LogP contribution in [0.1, 0.15) is 24.2 Å². The summed E-state index contributed by atoms with van der Waals surface area (Å²) in [4.78, 5) is 24.2. The molecule has 0 unspecified atom stereocenters. The molecule has 1 rings (SSSR count). The second-order valence-electron chi connectivity index (χ2n) is 3.29. The number of aromatic amines is 1. The van der Waals surface area contributed by atoms with Gasteiger partial charge < -0.3 is 10.1 Å². The molecule has 1 heterocycles. The second-order valence-corrected chi connectivity index (χ2v) is 3.29. The summed E-state index contributed by atoms with van der Waals surface area (Å²) in [6.45, 7) is 4.12. The molecule has 78 valence electrons. The van der Waals surface area contributed by atoms with Crippen LogP contribution in [0.15, 0.2) is 4.79 Å². The van der Waals surface area contributed by atoms with Crippen molar-refractivity contribution < 1.29 is 9.90 Å². The Labute approximate surface area is 81.4 Å². The van der Waals surface area contributed by atoms with Crippen LogP contribution >= 0.6 is 0 Å². The van der Waals surface area contributed by atoms with E-state index < -0.39 is 5.97 Å². The number of aromatic nitrogens is 2. The molecular weight excluding hydrogens is 184 g/mol. The van der Waals surface area contributed by atoms with Gasteiger partial charge in [0.05, 0.1) is 0 Å².